The predicted molar refractivity (Wildman–Crippen MR) is 79.2 cm³/mol. The van der Waals surface area contributed by atoms with E-state index in [4.69, 9.17) is 15.3 Å². The number of thiophene rings is 1. The molecule has 0 saturated carbocycles. The summed E-state index contributed by atoms with van der Waals surface area (Å²) in [5.41, 5.74) is 2.35. The molecule has 1 aromatic heterocycles. The summed E-state index contributed by atoms with van der Waals surface area (Å²) in [6, 6.07) is 0. The lowest BCUT2D eigenvalue weighted by Gasteiger charge is -2.30. The molecule has 0 atom stereocenters. The fourth-order valence-corrected chi connectivity index (χ4v) is 3.30. The molecule has 4 N–H and O–H groups in total. The summed E-state index contributed by atoms with van der Waals surface area (Å²) in [5, 5.41) is 2.65. The molecular formula is C13H17N3O5S. The van der Waals surface area contributed by atoms with Crippen molar-refractivity contribution < 1.29 is 23.9 Å². The second kappa shape index (κ2) is 6.03. The Morgan fingerprint density at radius 1 is 1.32 bits per heavy atom. The van der Waals surface area contributed by atoms with Gasteiger partial charge in [-0.1, -0.05) is 0 Å². The van der Waals surface area contributed by atoms with Gasteiger partial charge in [-0.15, -0.1) is 11.3 Å². The molecule has 1 aliphatic heterocycles. The second-order valence-electron chi connectivity index (χ2n) is 5.35. The third-order valence-electron chi connectivity index (χ3n) is 3.24. The maximum absolute atomic E-state index is 12.1. The van der Waals surface area contributed by atoms with Crippen LogP contribution in [0, 0.1) is 0 Å². The SMILES string of the molecule is COC(=O)c1c(NC(=O)C(=O)NN)sc2c1CC(C)(C)OC2. The number of methoxy groups -OCH3 is 1. The Morgan fingerprint density at radius 3 is 2.59 bits per heavy atom. The van der Waals surface area contributed by atoms with Crippen molar-refractivity contribution >= 4 is 34.1 Å². The van der Waals surface area contributed by atoms with E-state index in [0.29, 0.717) is 13.0 Å². The van der Waals surface area contributed by atoms with Gasteiger partial charge in [-0.25, -0.2) is 10.6 Å². The third kappa shape index (κ3) is 3.11. The van der Waals surface area contributed by atoms with Crippen LogP contribution >= 0.6 is 11.3 Å². The first-order chi connectivity index (χ1) is 10.3. The highest BCUT2D eigenvalue weighted by atomic mass is 32.1. The molecule has 1 aliphatic rings. The molecule has 120 valence electrons. The van der Waals surface area contributed by atoms with E-state index in [1.807, 2.05) is 13.8 Å². The van der Waals surface area contributed by atoms with Gasteiger partial charge in [0.25, 0.3) is 0 Å². The molecule has 0 unspecified atom stereocenters. The summed E-state index contributed by atoms with van der Waals surface area (Å²) in [6.07, 6.45) is 0.502. The van der Waals surface area contributed by atoms with Gasteiger partial charge in [-0.05, 0) is 19.4 Å². The standard InChI is InChI=1S/C13H17N3O5S/c1-13(2)4-6-7(5-21-13)22-11(8(6)12(19)20-3)15-9(17)10(18)16-14/h4-5,14H2,1-3H3,(H,15,17)(H,16,18). The molecule has 0 fully saturated rings. The lowest BCUT2D eigenvalue weighted by molar-refractivity contribution is -0.136. The molecule has 2 heterocycles. The monoisotopic (exact) mass is 327 g/mol. The van der Waals surface area contributed by atoms with Crippen LogP contribution < -0.4 is 16.6 Å². The zero-order valence-corrected chi connectivity index (χ0v) is 13.3. The van der Waals surface area contributed by atoms with Crippen LogP contribution in [-0.2, 0) is 32.1 Å². The number of fused-ring (bicyclic) bond motifs is 1. The Morgan fingerprint density at radius 2 is 2.00 bits per heavy atom. The van der Waals surface area contributed by atoms with E-state index in [1.165, 1.54) is 18.4 Å². The van der Waals surface area contributed by atoms with Crippen LogP contribution in [0.5, 0.6) is 0 Å². The number of esters is 1. The van der Waals surface area contributed by atoms with Gasteiger partial charge in [-0.2, -0.15) is 0 Å². The molecule has 1 aromatic rings. The highest BCUT2D eigenvalue weighted by Gasteiger charge is 2.34. The molecule has 0 radical (unpaired) electrons. The fraction of sp³-hybridized carbons (Fsp3) is 0.462. The Balaban J connectivity index is 2.42. The summed E-state index contributed by atoms with van der Waals surface area (Å²) in [5.74, 6) is 2.39. The van der Waals surface area contributed by atoms with Crippen molar-refractivity contribution in [3.63, 3.8) is 0 Å². The van der Waals surface area contributed by atoms with Crippen molar-refractivity contribution in [1.82, 2.24) is 5.43 Å². The first-order valence-electron chi connectivity index (χ1n) is 6.48. The number of anilines is 1. The number of carbonyl (C=O) groups excluding carboxylic acids is 3. The first kappa shape index (κ1) is 16.4. The van der Waals surface area contributed by atoms with E-state index < -0.39 is 23.4 Å². The van der Waals surface area contributed by atoms with E-state index >= 15 is 0 Å². The summed E-state index contributed by atoms with van der Waals surface area (Å²) in [7, 11) is 1.26. The molecule has 8 nitrogen and oxygen atoms in total. The molecule has 0 aromatic carbocycles. The molecule has 0 bridgehead atoms. The van der Waals surface area contributed by atoms with Crippen LogP contribution in [0.3, 0.4) is 0 Å². The van der Waals surface area contributed by atoms with Crippen molar-refractivity contribution in [3.05, 3.63) is 16.0 Å². The number of nitrogens with two attached hydrogens (primary N) is 1. The second-order valence-corrected chi connectivity index (χ2v) is 6.46. The van der Waals surface area contributed by atoms with E-state index in [9.17, 15) is 14.4 Å². The van der Waals surface area contributed by atoms with Crippen LogP contribution in [0.2, 0.25) is 0 Å². The average molecular weight is 327 g/mol. The predicted octanol–water partition coefficient (Wildman–Crippen LogP) is 0.314. The minimum Gasteiger partial charge on any atom is -0.465 e. The van der Waals surface area contributed by atoms with Gasteiger partial charge in [0, 0.05) is 11.3 Å². The molecule has 2 rings (SSSR count). The number of hydrogen-bond acceptors (Lipinski definition) is 7. The average Bonchev–Trinajstić information content (AvgIpc) is 2.81. The number of amides is 2. The van der Waals surface area contributed by atoms with Crippen LogP contribution in [0.4, 0.5) is 5.00 Å². The Hall–Kier alpha value is -1.97. The van der Waals surface area contributed by atoms with Gasteiger partial charge < -0.3 is 14.8 Å². The topological polar surface area (TPSA) is 120 Å². The van der Waals surface area contributed by atoms with Gasteiger partial charge in [-0.3, -0.25) is 15.0 Å². The quantitative estimate of drug-likeness (QED) is 0.236. The van der Waals surface area contributed by atoms with Gasteiger partial charge in [0.2, 0.25) is 0 Å². The Bertz CT molecular complexity index is 638. The molecule has 22 heavy (non-hydrogen) atoms. The van der Waals surface area contributed by atoms with E-state index in [2.05, 4.69) is 5.32 Å². The first-order valence-corrected chi connectivity index (χ1v) is 7.29. The van der Waals surface area contributed by atoms with Gasteiger partial charge in [0.1, 0.15) is 5.00 Å². The van der Waals surface area contributed by atoms with Crippen molar-refractivity contribution in [2.24, 2.45) is 5.84 Å². The maximum atomic E-state index is 12.1. The highest BCUT2D eigenvalue weighted by Crippen LogP contribution is 2.40. The largest absolute Gasteiger partial charge is 0.465 e. The number of carbonyl (C=O) groups is 3. The maximum Gasteiger partial charge on any atom is 0.341 e. The summed E-state index contributed by atoms with van der Waals surface area (Å²) >= 11 is 1.18. The molecule has 0 saturated heterocycles. The zero-order chi connectivity index (χ0) is 16.5. The lowest BCUT2D eigenvalue weighted by Crippen LogP contribution is -2.39. The van der Waals surface area contributed by atoms with Crippen molar-refractivity contribution in [2.45, 2.75) is 32.5 Å². The van der Waals surface area contributed by atoms with Crippen molar-refractivity contribution in [3.8, 4) is 0 Å². The Labute approximate surface area is 130 Å². The molecule has 0 spiro atoms. The smallest absolute Gasteiger partial charge is 0.341 e. The third-order valence-corrected chi connectivity index (χ3v) is 4.36. The van der Waals surface area contributed by atoms with Gasteiger partial charge in [0.05, 0.1) is 24.9 Å². The number of nitrogens with one attached hydrogen (secondary N) is 2. The molecule has 0 aliphatic carbocycles. The minimum atomic E-state index is -1.00. The van der Waals surface area contributed by atoms with Crippen LogP contribution in [-0.4, -0.2) is 30.5 Å². The number of rotatable bonds is 2. The van der Waals surface area contributed by atoms with Gasteiger partial charge >= 0.3 is 17.8 Å². The fourth-order valence-electron chi connectivity index (χ4n) is 2.18. The summed E-state index contributed by atoms with van der Waals surface area (Å²) in [4.78, 5) is 35.8. The molecular weight excluding hydrogens is 310 g/mol. The number of hydrazine groups is 1. The zero-order valence-electron chi connectivity index (χ0n) is 12.4. The number of ether oxygens (including phenoxy) is 2. The Kier molecular flexibility index (Phi) is 4.50. The lowest BCUT2D eigenvalue weighted by atomic mass is 9.93. The van der Waals surface area contributed by atoms with E-state index in [1.54, 1.807) is 5.43 Å². The highest BCUT2D eigenvalue weighted by molar-refractivity contribution is 7.17. The van der Waals surface area contributed by atoms with Crippen molar-refractivity contribution in [1.29, 1.82) is 0 Å². The molecule has 9 heteroatoms. The summed E-state index contributed by atoms with van der Waals surface area (Å²) < 4.78 is 10.5. The minimum absolute atomic E-state index is 0.256. The van der Waals surface area contributed by atoms with Gasteiger partial charge in [0.15, 0.2) is 0 Å². The summed E-state index contributed by atoms with van der Waals surface area (Å²) in [6.45, 7) is 4.15. The van der Waals surface area contributed by atoms with Crippen LogP contribution in [0.1, 0.15) is 34.6 Å². The van der Waals surface area contributed by atoms with Crippen LogP contribution in [0.25, 0.3) is 0 Å². The van der Waals surface area contributed by atoms with Crippen LogP contribution in [0.15, 0.2) is 0 Å². The normalized spacial score (nSPS) is 15.6. The van der Waals surface area contributed by atoms with E-state index in [-0.39, 0.29) is 10.6 Å². The van der Waals surface area contributed by atoms with Crippen molar-refractivity contribution in [2.75, 3.05) is 12.4 Å². The number of hydrogen-bond donors (Lipinski definition) is 3. The molecule has 2 amide bonds. The van der Waals surface area contributed by atoms with E-state index in [0.717, 1.165) is 10.4 Å².